The normalized spacial score (nSPS) is 11.3. The van der Waals surface area contributed by atoms with E-state index in [9.17, 15) is 0 Å². The van der Waals surface area contributed by atoms with Crippen molar-refractivity contribution in [2.75, 3.05) is 11.9 Å². The Bertz CT molecular complexity index is 684. The number of nitrogens with zero attached hydrogens (tertiary/aromatic N) is 2. The number of anilines is 2. The first-order valence-electron chi connectivity index (χ1n) is 7.12. The molecule has 0 unspecified atom stereocenters. The quantitative estimate of drug-likeness (QED) is 0.708. The summed E-state index contributed by atoms with van der Waals surface area (Å²) >= 11 is 0. The van der Waals surface area contributed by atoms with E-state index in [1.54, 1.807) is 0 Å². The Morgan fingerprint density at radius 2 is 1.71 bits per heavy atom. The molecular formula is C19H22N2. The van der Waals surface area contributed by atoms with Gasteiger partial charge in [-0.2, -0.15) is 0 Å². The molecule has 2 aromatic carbocycles. The van der Waals surface area contributed by atoms with E-state index in [1.807, 2.05) is 13.0 Å². The van der Waals surface area contributed by atoms with E-state index in [4.69, 9.17) is 0 Å². The van der Waals surface area contributed by atoms with Crippen LogP contribution in [0.25, 0.3) is 5.70 Å². The first kappa shape index (κ1) is 15.0. The van der Waals surface area contributed by atoms with Crippen LogP contribution in [0.15, 0.2) is 53.5 Å². The van der Waals surface area contributed by atoms with Gasteiger partial charge >= 0.3 is 0 Å². The highest BCUT2D eigenvalue weighted by Gasteiger charge is 2.10. The third-order valence-electron chi connectivity index (χ3n) is 3.77. The molecule has 0 bridgehead atoms. The zero-order chi connectivity index (χ0) is 15.4. The second-order valence-corrected chi connectivity index (χ2v) is 5.18. The molecule has 0 aliphatic rings. The predicted octanol–water partition coefficient (Wildman–Crippen LogP) is 5.13. The van der Waals surface area contributed by atoms with Crippen LogP contribution in [-0.4, -0.2) is 13.8 Å². The van der Waals surface area contributed by atoms with E-state index in [0.717, 1.165) is 11.3 Å². The molecule has 2 aromatic rings. The lowest BCUT2D eigenvalue weighted by molar-refractivity contribution is 1.16. The summed E-state index contributed by atoms with van der Waals surface area (Å²) in [6.07, 6.45) is 1.98. The molecule has 0 aliphatic heterocycles. The Balaban J connectivity index is 2.42. The van der Waals surface area contributed by atoms with Crippen LogP contribution in [0.1, 0.15) is 23.6 Å². The summed E-state index contributed by atoms with van der Waals surface area (Å²) in [5, 5.41) is 0. The van der Waals surface area contributed by atoms with Crippen LogP contribution in [0.5, 0.6) is 0 Å². The highest BCUT2D eigenvalue weighted by Crippen LogP contribution is 2.31. The molecule has 0 aliphatic carbocycles. The van der Waals surface area contributed by atoms with Gasteiger partial charge in [0.15, 0.2) is 0 Å². The number of aryl methyl sites for hydroxylation is 2. The maximum atomic E-state index is 4.06. The maximum absolute atomic E-state index is 4.06. The van der Waals surface area contributed by atoms with E-state index in [0.29, 0.717) is 0 Å². The molecule has 0 heterocycles. The summed E-state index contributed by atoms with van der Waals surface area (Å²) in [7, 11) is 2.10. The van der Waals surface area contributed by atoms with Gasteiger partial charge in [0.2, 0.25) is 0 Å². The van der Waals surface area contributed by atoms with Crippen LogP contribution in [-0.2, 0) is 0 Å². The maximum Gasteiger partial charge on any atom is 0.0652 e. The molecule has 21 heavy (non-hydrogen) atoms. The predicted molar refractivity (Wildman–Crippen MR) is 93.6 cm³/mol. The van der Waals surface area contributed by atoms with Crippen molar-refractivity contribution in [3.05, 3.63) is 65.2 Å². The van der Waals surface area contributed by atoms with E-state index in [-0.39, 0.29) is 0 Å². The third-order valence-corrected chi connectivity index (χ3v) is 3.77. The minimum atomic E-state index is 0.920. The molecule has 0 amide bonds. The molecule has 2 heteroatoms. The lowest BCUT2D eigenvalue weighted by Crippen LogP contribution is -2.12. The van der Waals surface area contributed by atoms with E-state index in [1.165, 1.54) is 22.5 Å². The summed E-state index contributed by atoms with van der Waals surface area (Å²) in [4.78, 5) is 6.29. The molecule has 0 saturated heterocycles. The monoisotopic (exact) mass is 278 g/mol. The number of aliphatic imine (C=N–C) groups is 1. The summed E-state index contributed by atoms with van der Waals surface area (Å²) in [6.45, 7) is 9.87. The highest BCUT2D eigenvalue weighted by molar-refractivity contribution is 5.73. The van der Waals surface area contributed by atoms with Crippen molar-refractivity contribution in [1.29, 1.82) is 0 Å². The van der Waals surface area contributed by atoms with Crippen LogP contribution in [0.3, 0.4) is 0 Å². The molecule has 0 fully saturated rings. The van der Waals surface area contributed by atoms with Gasteiger partial charge in [0.25, 0.3) is 0 Å². The lowest BCUT2D eigenvalue weighted by Gasteiger charge is -2.24. The third kappa shape index (κ3) is 3.05. The Hall–Kier alpha value is -2.35. The largest absolute Gasteiger partial charge is 0.344 e. The van der Waals surface area contributed by atoms with Crippen molar-refractivity contribution in [2.24, 2.45) is 4.99 Å². The molecule has 0 atom stereocenters. The Labute approximate surface area is 127 Å². The smallest absolute Gasteiger partial charge is 0.0652 e. The summed E-state index contributed by atoms with van der Waals surface area (Å²) < 4.78 is 0. The fourth-order valence-corrected chi connectivity index (χ4v) is 2.61. The zero-order valence-electron chi connectivity index (χ0n) is 13.2. The van der Waals surface area contributed by atoms with Crippen LogP contribution < -0.4 is 4.90 Å². The topological polar surface area (TPSA) is 15.6 Å². The minimum Gasteiger partial charge on any atom is -0.344 e. The molecule has 0 aromatic heterocycles. The van der Waals surface area contributed by atoms with E-state index >= 15 is 0 Å². The second-order valence-electron chi connectivity index (χ2n) is 5.18. The summed E-state index contributed by atoms with van der Waals surface area (Å²) in [5.41, 5.74) is 6.94. The van der Waals surface area contributed by atoms with E-state index < -0.39 is 0 Å². The molecule has 108 valence electrons. The van der Waals surface area contributed by atoms with Crippen LogP contribution in [0.4, 0.5) is 11.4 Å². The molecule has 0 N–H and O–H groups in total. The summed E-state index contributed by atoms with van der Waals surface area (Å²) in [5.74, 6) is 0. The van der Waals surface area contributed by atoms with Gasteiger partial charge in [-0.05, 0) is 56.8 Å². The van der Waals surface area contributed by atoms with Gasteiger partial charge < -0.3 is 4.90 Å². The molecule has 0 saturated carbocycles. The lowest BCUT2D eigenvalue weighted by atomic mass is 10.1. The molecule has 0 spiro atoms. The summed E-state index contributed by atoms with van der Waals surface area (Å²) in [6, 6.07) is 14.8. The zero-order valence-corrected chi connectivity index (χ0v) is 13.2. The molecule has 0 radical (unpaired) electrons. The fraction of sp³-hybridized carbons (Fsp3) is 0.211. The van der Waals surface area contributed by atoms with Crippen LogP contribution >= 0.6 is 0 Å². The van der Waals surface area contributed by atoms with E-state index in [2.05, 4.69) is 80.0 Å². The van der Waals surface area contributed by atoms with Gasteiger partial charge in [-0.25, -0.2) is 0 Å². The van der Waals surface area contributed by atoms with Gasteiger partial charge in [-0.15, -0.1) is 0 Å². The first-order valence-corrected chi connectivity index (χ1v) is 7.12. The Morgan fingerprint density at radius 1 is 1.05 bits per heavy atom. The van der Waals surface area contributed by atoms with Gasteiger partial charge in [0, 0.05) is 24.0 Å². The average Bonchev–Trinajstić information content (AvgIpc) is 2.48. The van der Waals surface area contributed by atoms with Crippen molar-refractivity contribution in [1.82, 2.24) is 0 Å². The SMILES string of the molecule is C=N/C(=C\C)c1ccc(N(C)c2ccccc2C)c(C)c1. The van der Waals surface area contributed by atoms with Crippen LogP contribution in [0.2, 0.25) is 0 Å². The first-order chi connectivity index (χ1) is 10.1. The number of para-hydroxylation sites is 1. The number of hydrogen-bond donors (Lipinski definition) is 0. The number of benzene rings is 2. The van der Waals surface area contributed by atoms with Gasteiger partial charge in [0.1, 0.15) is 0 Å². The Morgan fingerprint density at radius 3 is 2.29 bits per heavy atom. The minimum absolute atomic E-state index is 0.920. The average molecular weight is 278 g/mol. The molecular weight excluding hydrogens is 256 g/mol. The van der Waals surface area contributed by atoms with Gasteiger partial charge in [0.05, 0.1) is 5.70 Å². The van der Waals surface area contributed by atoms with Crippen molar-refractivity contribution in [3.8, 4) is 0 Å². The molecule has 2 rings (SSSR count). The fourth-order valence-electron chi connectivity index (χ4n) is 2.61. The van der Waals surface area contributed by atoms with Crippen molar-refractivity contribution < 1.29 is 0 Å². The van der Waals surface area contributed by atoms with Crippen LogP contribution in [0, 0.1) is 13.8 Å². The van der Waals surface area contributed by atoms with Gasteiger partial charge in [-0.3, -0.25) is 4.99 Å². The number of rotatable bonds is 4. The Kier molecular flexibility index (Phi) is 4.59. The standard InChI is InChI=1S/C19H22N2/c1-6-17(20-4)16-11-12-19(15(3)13-16)21(5)18-10-8-7-9-14(18)2/h6-13H,4H2,1-3,5H3/b17-6-. The van der Waals surface area contributed by atoms with Gasteiger partial charge in [-0.1, -0.05) is 30.3 Å². The van der Waals surface area contributed by atoms with Crippen molar-refractivity contribution in [2.45, 2.75) is 20.8 Å². The second kappa shape index (κ2) is 6.40. The van der Waals surface area contributed by atoms with Crippen molar-refractivity contribution >= 4 is 23.8 Å². The highest BCUT2D eigenvalue weighted by atomic mass is 15.1. The molecule has 2 nitrogen and oxygen atoms in total. The van der Waals surface area contributed by atoms with Crippen molar-refractivity contribution in [3.63, 3.8) is 0 Å². The number of allylic oxidation sites excluding steroid dienone is 1. The number of hydrogen-bond acceptors (Lipinski definition) is 2.